The van der Waals surface area contributed by atoms with Gasteiger partial charge in [0.25, 0.3) is 5.91 Å². The maximum absolute atomic E-state index is 11.7. The third kappa shape index (κ3) is 4.61. The van der Waals surface area contributed by atoms with Crippen molar-refractivity contribution in [3.05, 3.63) is 28.2 Å². The predicted molar refractivity (Wildman–Crippen MR) is 58.0 cm³/mol. The van der Waals surface area contributed by atoms with E-state index in [0.29, 0.717) is 4.47 Å². The molecule has 0 fully saturated rings. The monoisotopic (exact) mass is 312 g/mol. The molecule has 0 heterocycles. The van der Waals surface area contributed by atoms with Gasteiger partial charge in [-0.05, 0) is 18.2 Å². The second-order valence-electron chi connectivity index (χ2n) is 3.07. The lowest BCUT2D eigenvalue weighted by Gasteiger charge is -2.09. The summed E-state index contributed by atoms with van der Waals surface area (Å²) in [5.41, 5.74) is 7.34. The van der Waals surface area contributed by atoms with E-state index in [1.54, 1.807) is 5.48 Å². The number of hydrogen-bond donors (Lipinski definition) is 2. The lowest BCUT2D eigenvalue weighted by atomic mass is 10.2. The average Bonchev–Trinajstić information content (AvgIpc) is 2.15. The zero-order valence-electron chi connectivity index (χ0n) is 8.34. The van der Waals surface area contributed by atoms with E-state index >= 15 is 0 Å². The van der Waals surface area contributed by atoms with Gasteiger partial charge >= 0.3 is 6.18 Å². The van der Waals surface area contributed by atoms with Crippen LogP contribution in [0.25, 0.3) is 0 Å². The summed E-state index contributed by atoms with van der Waals surface area (Å²) in [6, 6.07) is 4.36. The topological polar surface area (TPSA) is 64.4 Å². The van der Waals surface area contributed by atoms with E-state index in [2.05, 4.69) is 20.8 Å². The molecule has 4 nitrogen and oxygen atoms in total. The molecule has 0 saturated carbocycles. The number of amides is 1. The van der Waals surface area contributed by atoms with Crippen molar-refractivity contribution in [2.24, 2.45) is 0 Å². The molecule has 0 atom stereocenters. The van der Waals surface area contributed by atoms with E-state index in [-0.39, 0.29) is 11.3 Å². The lowest BCUT2D eigenvalue weighted by molar-refractivity contribution is -0.184. The van der Waals surface area contributed by atoms with Crippen molar-refractivity contribution in [1.29, 1.82) is 0 Å². The van der Waals surface area contributed by atoms with Gasteiger partial charge in [-0.1, -0.05) is 15.9 Å². The Kier molecular flexibility index (Phi) is 4.35. The Morgan fingerprint density at radius 2 is 2.12 bits per heavy atom. The van der Waals surface area contributed by atoms with E-state index in [0.717, 1.165) is 0 Å². The van der Waals surface area contributed by atoms with Gasteiger partial charge in [0, 0.05) is 10.2 Å². The standard InChI is InChI=1S/C9H8BrF3N2O2/c10-5-1-2-6(7(14)3-5)8(16)15-17-4-9(11,12)13/h1-3H,4,14H2,(H,15,16). The molecule has 0 aromatic heterocycles. The molecule has 17 heavy (non-hydrogen) atoms. The van der Waals surface area contributed by atoms with Crippen LogP contribution in [0.4, 0.5) is 18.9 Å². The molecular weight excluding hydrogens is 305 g/mol. The average molecular weight is 313 g/mol. The molecule has 0 bridgehead atoms. The first-order valence-electron chi connectivity index (χ1n) is 4.33. The number of carbonyl (C=O) groups is 1. The van der Waals surface area contributed by atoms with Gasteiger partial charge in [0.05, 0.1) is 5.56 Å². The van der Waals surface area contributed by atoms with E-state index in [1.807, 2.05) is 0 Å². The van der Waals surface area contributed by atoms with E-state index in [1.165, 1.54) is 18.2 Å². The highest BCUT2D eigenvalue weighted by molar-refractivity contribution is 9.10. The van der Waals surface area contributed by atoms with Gasteiger partial charge in [-0.15, -0.1) is 0 Å². The number of carbonyl (C=O) groups excluding carboxylic acids is 1. The zero-order valence-corrected chi connectivity index (χ0v) is 9.93. The number of nitrogen functional groups attached to an aromatic ring is 1. The summed E-state index contributed by atoms with van der Waals surface area (Å²) in [5.74, 6) is -0.834. The van der Waals surface area contributed by atoms with Crippen LogP contribution >= 0.6 is 15.9 Å². The minimum atomic E-state index is -4.50. The van der Waals surface area contributed by atoms with Crippen LogP contribution in [0.2, 0.25) is 0 Å². The molecule has 0 aliphatic heterocycles. The molecule has 0 aliphatic carbocycles. The highest BCUT2D eigenvalue weighted by Gasteiger charge is 2.28. The number of benzene rings is 1. The number of rotatable bonds is 3. The SMILES string of the molecule is Nc1cc(Br)ccc1C(=O)NOCC(F)(F)F. The molecule has 1 aromatic rings. The summed E-state index contributed by atoms with van der Waals surface area (Å²) in [4.78, 5) is 15.4. The number of nitrogens with two attached hydrogens (primary N) is 1. The molecule has 1 amide bonds. The Bertz CT molecular complexity index is 423. The van der Waals surface area contributed by atoms with E-state index in [9.17, 15) is 18.0 Å². The van der Waals surface area contributed by atoms with Crippen LogP contribution in [0.5, 0.6) is 0 Å². The number of hydroxylamine groups is 1. The largest absolute Gasteiger partial charge is 0.414 e. The van der Waals surface area contributed by atoms with Gasteiger partial charge < -0.3 is 5.73 Å². The fourth-order valence-corrected chi connectivity index (χ4v) is 1.36. The molecule has 8 heteroatoms. The fraction of sp³-hybridized carbons (Fsp3) is 0.222. The van der Waals surface area contributed by atoms with Crippen LogP contribution in [0, 0.1) is 0 Å². The van der Waals surface area contributed by atoms with Crippen LogP contribution in [0.15, 0.2) is 22.7 Å². The Morgan fingerprint density at radius 1 is 1.47 bits per heavy atom. The van der Waals surface area contributed by atoms with Gasteiger partial charge in [-0.25, -0.2) is 5.48 Å². The number of hydrogen-bond acceptors (Lipinski definition) is 3. The van der Waals surface area contributed by atoms with Crippen molar-refractivity contribution in [1.82, 2.24) is 5.48 Å². The number of alkyl halides is 3. The van der Waals surface area contributed by atoms with Gasteiger partial charge in [0.1, 0.15) is 0 Å². The molecule has 0 radical (unpaired) electrons. The number of nitrogens with one attached hydrogen (secondary N) is 1. The Balaban J connectivity index is 2.59. The molecule has 3 N–H and O–H groups in total. The summed E-state index contributed by atoms with van der Waals surface area (Å²) >= 11 is 3.13. The van der Waals surface area contributed by atoms with Crippen LogP contribution in [0.1, 0.15) is 10.4 Å². The number of anilines is 1. The summed E-state index contributed by atoms with van der Waals surface area (Å²) in [6.07, 6.45) is -4.50. The summed E-state index contributed by atoms with van der Waals surface area (Å²) in [5, 5.41) is 0. The van der Waals surface area contributed by atoms with Crippen LogP contribution in [-0.2, 0) is 4.84 Å². The van der Waals surface area contributed by atoms with Gasteiger partial charge in [0.2, 0.25) is 0 Å². The first-order chi connectivity index (χ1) is 7.79. The first-order valence-corrected chi connectivity index (χ1v) is 5.13. The fourth-order valence-electron chi connectivity index (χ4n) is 0.979. The van der Waals surface area contributed by atoms with Crippen LogP contribution in [-0.4, -0.2) is 18.7 Å². The molecular formula is C9H8BrF3N2O2. The normalized spacial score (nSPS) is 11.3. The molecule has 1 rings (SSSR count). The van der Waals surface area contributed by atoms with Crippen molar-refractivity contribution >= 4 is 27.5 Å². The van der Waals surface area contributed by atoms with E-state index in [4.69, 9.17) is 5.73 Å². The van der Waals surface area contributed by atoms with Crippen molar-refractivity contribution in [3.63, 3.8) is 0 Å². The van der Waals surface area contributed by atoms with Gasteiger partial charge in [-0.2, -0.15) is 13.2 Å². The Labute approximate surface area is 103 Å². The lowest BCUT2D eigenvalue weighted by Crippen LogP contribution is -2.30. The van der Waals surface area contributed by atoms with Crippen molar-refractivity contribution < 1.29 is 22.8 Å². The highest BCUT2D eigenvalue weighted by Crippen LogP contribution is 2.18. The van der Waals surface area contributed by atoms with E-state index < -0.39 is 18.7 Å². The molecule has 94 valence electrons. The third-order valence-corrected chi connectivity index (χ3v) is 2.15. The second kappa shape index (κ2) is 5.37. The minimum Gasteiger partial charge on any atom is -0.398 e. The number of halogens is 4. The molecule has 0 unspecified atom stereocenters. The van der Waals surface area contributed by atoms with Crippen molar-refractivity contribution in [2.75, 3.05) is 12.3 Å². The Morgan fingerprint density at radius 3 is 2.65 bits per heavy atom. The summed E-state index contributed by atoms with van der Waals surface area (Å²) in [7, 11) is 0. The summed E-state index contributed by atoms with van der Waals surface area (Å²) < 4.78 is 35.9. The van der Waals surface area contributed by atoms with Crippen LogP contribution in [0.3, 0.4) is 0 Å². The van der Waals surface area contributed by atoms with Gasteiger partial charge in [0.15, 0.2) is 6.61 Å². The molecule has 0 saturated heterocycles. The van der Waals surface area contributed by atoms with Crippen LogP contribution < -0.4 is 11.2 Å². The maximum Gasteiger partial charge on any atom is 0.414 e. The minimum absolute atomic E-state index is 0.0374. The molecule has 0 aliphatic rings. The zero-order chi connectivity index (χ0) is 13.1. The third-order valence-electron chi connectivity index (χ3n) is 1.66. The molecule has 0 spiro atoms. The quantitative estimate of drug-likeness (QED) is 0.664. The van der Waals surface area contributed by atoms with Crippen molar-refractivity contribution in [2.45, 2.75) is 6.18 Å². The van der Waals surface area contributed by atoms with Gasteiger partial charge in [-0.3, -0.25) is 9.63 Å². The second-order valence-corrected chi connectivity index (χ2v) is 3.98. The van der Waals surface area contributed by atoms with Crippen molar-refractivity contribution in [3.8, 4) is 0 Å². The first kappa shape index (κ1) is 13.8. The molecule has 1 aromatic carbocycles. The smallest absolute Gasteiger partial charge is 0.398 e. The highest BCUT2D eigenvalue weighted by atomic mass is 79.9. The maximum atomic E-state index is 11.7. The predicted octanol–water partition coefficient (Wildman–Crippen LogP) is 2.25. The summed E-state index contributed by atoms with van der Waals surface area (Å²) in [6.45, 7) is -1.56. The Hall–Kier alpha value is -1.28.